The van der Waals surface area contributed by atoms with E-state index < -0.39 is 23.8 Å². The van der Waals surface area contributed by atoms with Gasteiger partial charge in [0.15, 0.2) is 29.6 Å². The van der Waals surface area contributed by atoms with E-state index in [1.165, 1.54) is 4.90 Å². The zero-order valence-corrected chi connectivity index (χ0v) is 14.2. The fourth-order valence-electron chi connectivity index (χ4n) is 3.18. The smallest absolute Gasteiger partial charge is 0.322 e. The van der Waals surface area contributed by atoms with Crippen LogP contribution >= 0.6 is 0 Å². The van der Waals surface area contributed by atoms with Crippen LogP contribution in [0, 0.1) is 18.6 Å². The number of nitrogens with one attached hydrogen (secondary N) is 1. The molecule has 2 aliphatic rings. The van der Waals surface area contributed by atoms with E-state index in [2.05, 4.69) is 10.5 Å². The number of ether oxygens (including phenoxy) is 2. The summed E-state index contributed by atoms with van der Waals surface area (Å²) in [5.74, 6) is -1.32. The normalized spacial score (nSPS) is 20.8. The number of aryl methyl sites for hydroxylation is 2. The molecule has 0 bridgehead atoms. The molecule has 9 heteroatoms. The number of hydrogen-bond donors (Lipinski definition) is 1. The Labute approximate surface area is 147 Å². The SMILES string of the molecule is CCc1onc(C)c1NC(=O)N1C[C@@H]2Oc3c(F)ccc(F)c3O[C@@H]2C1. The van der Waals surface area contributed by atoms with Crippen LogP contribution in [-0.2, 0) is 6.42 Å². The van der Waals surface area contributed by atoms with E-state index in [4.69, 9.17) is 14.0 Å². The summed E-state index contributed by atoms with van der Waals surface area (Å²) in [7, 11) is 0. The molecule has 138 valence electrons. The quantitative estimate of drug-likeness (QED) is 0.886. The van der Waals surface area contributed by atoms with Crippen LogP contribution < -0.4 is 14.8 Å². The number of halogens is 2. The monoisotopic (exact) mass is 365 g/mol. The summed E-state index contributed by atoms with van der Waals surface area (Å²) in [6.45, 7) is 4.01. The Hall–Kier alpha value is -2.84. The number of fused-ring (bicyclic) bond motifs is 2. The second kappa shape index (κ2) is 6.15. The summed E-state index contributed by atoms with van der Waals surface area (Å²) in [4.78, 5) is 14.0. The molecule has 26 heavy (non-hydrogen) atoms. The second-order valence-corrected chi connectivity index (χ2v) is 6.25. The van der Waals surface area contributed by atoms with Gasteiger partial charge in [-0.15, -0.1) is 0 Å². The molecule has 2 aliphatic heterocycles. The number of hydrogen-bond acceptors (Lipinski definition) is 5. The largest absolute Gasteiger partial charge is 0.478 e. The van der Waals surface area contributed by atoms with Crippen LogP contribution in [0.2, 0.25) is 0 Å². The van der Waals surface area contributed by atoms with Gasteiger partial charge in [0, 0.05) is 6.42 Å². The minimum atomic E-state index is -0.699. The molecule has 0 saturated carbocycles. The molecule has 1 saturated heterocycles. The van der Waals surface area contributed by atoms with Crippen LogP contribution in [0.3, 0.4) is 0 Å². The van der Waals surface area contributed by atoms with Gasteiger partial charge in [-0.25, -0.2) is 13.6 Å². The van der Waals surface area contributed by atoms with Crippen LogP contribution in [0.15, 0.2) is 16.7 Å². The molecule has 3 heterocycles. The van der Waals surface area contributed by atoms with E-state index in [1.54, 1.807) is 6.92 Å². The molecule has 1 N–H and O–H groups in total. The number of aromatic nitrogens is 1. The average molecular weight is 365 g/mol. The van der Waals surface area contributed by atoms with E-state index in [0.717, 1.165) is 12.1 Å². The molecule has 1 fully saturated rings. The predicted octanol–water partition coefficient (Wildman–Crippen LogP) is 2.88. The lowest BCUT2D eigenvalue weighted by molar-refractivity contribution is 0.0467. The molecular weight excluding hydrogens is 348 g/mol. The van der Waals surface area contributed by atoms with Crippen molar-refractivity contribution in [3.63, 3.8) is 0 Å². The van der Waals surface area contributed by atoms with E-state index >= 15 is 0 Å². The maximum Gasteiger partial charge on any atom is 0.322 e. The molecule has 2 amide bonds. The van der Waals surface area contributed by atoms with Crippen molar-refractivity contribution in [3.05, 3.63) is 35.2 Å². The van der Waals surface area contributed by atoms with Gasteiger partial charge in [0.05, 0.1) is 13.1 Å². The number of rotatable bonds is 2. The third-order valence-corrected chi connectivity index (χ3v) is 4.54. The molecule has 0 radical (unpaired) electrons. The molecule has 0 unspecified atom stereocenters. The highest BCUT2D eigenvalue weighted by Crippen LogP contribution is 2.40. The van der Waals surface area contributed by atoms with Crippen molar-refractivity contribution in [1.29, 1.82) is 0 Å². The Kier molecular flexibility index (Phi) is 3.93. The molecule has 2 atom stereocenters. The number of amides is 2. The lowest BCUT2D eigenvalue weighted by atomic mass is 10.2. The minimum Gasteiger partial charge on any atom is -0.478 e. The topological polar surface area (TPSA) is 76.8 Å². The number of benzene rings is 1. The van der Waals surface area contributed by atoms with Gasteiger partial charge in [-0.1, -0.05) is 12.1 Å². The molecule has 1 aromatic heterocycles. The van der Waals surface area contributed by atoms with E-state index in [9.17, 15) is 13.6 Å². The van der Waals surface area contributed by atoms with Crippen molar-refractivity contribution in [3.8, 4) is 11.5 Å². The van der Waals surface area contributed by atoms with Crippen LogP contribution in [0.4, 0.5) is 19.3 Å². The molecule has 1 aromatic carbocycles. The first-order valence-corrected chi connectivity index (χ1v) is 8.30. The Morgan fingerprint density at radius 1 is 1.23 bits per heavy atom. The summed E-state index contributed by atoms with van der Waals surface area (Å²) in [6.07, 6.45) is -0.556. The first-order valence-electron chi connectivity index (χ1n) is 8.30. The van der Waals surface area contributed by atoms with Gasteiger partial charge in [-0.2, -0.15) is 0 Å². The lowest BCUT2D eigenvalue weighted by Gasteiger charge is -2.28. The zero-order chi connectivity index (χ0) is 18.4. The van der Waals surface area contributed by atoms with Gasteiger partial charge in [-0.05, 0) is 19.1 Å². The summed E-state index contributed by atoms with van der Waals surface area (Å²) in [5, 5.41) is 6.62. The summed E-state index contributed by atoms with van der Waals surface area (Å²) < 4.78 is 44.0. The highest BCUT2D eigenvalue weighted by atomic mass is 19.1. The third kappa shape index (κ3) is 2.63. The third-order valence-electron chi connectivity index (χ3n) is 4.54. The summed E-state index contributed by atoms with van der Waals surface area (Å²) in [6, 6.07) is 1.59. The molecule has 2 aromatic rings. The van der Waals surface area contributed by atoms with E-state index in [-0.39, 0.29) is 30.6 Å². The Morgan fingerprint density at radius 2 is 1.81 bits per heavy atom. The van der Waals surface area contributed by atoms with Gasteiger partial charge >= 0.3 is 6.03 Å². The van der Waals surface area contributed by atoms with Gasteiger partial charge < -0.3 is 24.2 Å². The number of urea groups is 1. The van der Waals surface area contributed by atoms with Crippen molar-refractivity contribution >= 4 is 11.7 Å². The standard InChI is InChI=1S/C17H17F2N3O4/c1-3-11-14(8(2)21-26-11)20-17(23)22-6-12-13(7-22)25-16-10(19)5-4-9(18)15(16)24-12/h4-5,12-13H,3,6-7H2,1-2H3,(H,20,23)/t12-,13+. The highest BCUT2D eigenvalue weighted by molar-refractivity contribution is 5.90. The first kappa shape index (κ1) is 16.6. The Morgan fingerprint density at radius 3 is 2.35 bits per heavy atom. The number of carbonyl (C=O) groups is 1. The van der Waals surface area contributed by atoms with Gasteiger partial charge in [0.25, 0.3) is 0 Å². The van der Waals surface area contributed by atoms with E-state index in [0.29, 0.717) is 23.6 Å². The number of nitrogens with zero attached hydrogens (tertiary/aromatic N) is 2. The second-order valence-electron chi connectivity index (χ2n) is 6.25. The fourth-order valence-corrected chi connectivity index (χ4v) is 3.18. The molecule has 0 aliphatic carbocycles. The molecular formula is C17H17F2N3O4. The molecule has 4 rings (SSSR count). The minimum absolute atomic E-state index is 0.192. The van der Waals surface area contributed by atoms with E-state index in [1.807, 2.05) is 6.92 Å². The van der Waals surface area contributed by atoms with Crippen molar-refractivity contribution < 1.29 is 27.6 Å². The highest BCUT2D eigenvalue weighted by Gasteiger charge is 2.43. The fraction of sp³-hybridized carbons (Fsp3) is 0.412. The van der Waals surface area contributed by atoms with Crippen LogP contribution in [-0.4, -0.2) is 41.4 Å². The van der Waals surface area contributed by atoms with Gasteiger partial charge in [-0.3, -0.25) is 0 Å². The molecule has 7 nitrogen and oxygen atoms in total. The first-order chi connectivity index (χ1) is 12.5. The van der Waals surface area contributed by atoms with Crippen molar-refractivity contribution in [2.75, 3.05) is 18.4 Å². The number of carbonyl (C=O) groups excluding carboxylic acids is 1. The average Bonchev–Trinajstić information content (AvgIpc) is 3.20. The van der Waals surface area contributed by atoms with Crippen molar-refractivity contribution in [2.24, 2.45) is 0 Å². The summed E-state index contributed by atoms with van der Waals surface area (Å²) in [5.41, 5.74) is 1.12. The zero-order valence-electron chi connectivity index (χ0n) is 14.2. The van der Waals surface area contributed by atoms with Gasteiger partial charge in [0.2, 0.25) is 11.5 Å². The lowest BCUT2D eigenvalue weighted by Crippen LogP contribution is -2.39. The van der Waals surface area contributed by atoms with Gasteiger partial charge in [0.1, 0.15) is 11.4 Å². The van der Waals surface area contributed by atoms with Crippen LogP contribution in [0.25, 0.3) is 0 Å². The van der Waals surface area contributed by atoms with Crippen molar-refractivity contribution in [2.45, 2.75) is 32.5 Å². The molecule has 0 spiro atoms. The van der Waals surface area contributed by atoms with Crippen LogP contribution in [0.1, 0.15) is 18.4 Å². The maximum absolute atomic E-state index is 13.9. The number of anilines is 1. The Bertz CT molecular complexity index is 831. The summed E-state index contributed by atoms with van der Waals surface area (Å²) >= 11 is 0. The Balaban J connectivity index is 1.49. The number of likely N-dealkylation sites (tertiary alicyclic amines) is 1. The van der Waals surface area contributed by atoms with Crippen LogP contribution in [0.5, 0.6) is 11.5 Å². The van der Waals surface area contributed by atoms with Crippen molar-refractivity contribution in [1.82, 2.24) is 10.1 Å². The predicted molar refractivity (Wildman–Crippen MR) is 86.4 cm³/mol. The maximum atomic E-state index is 13.9.